The van der Waals surface area contributed by atoms with E-state index in [1.54, 1.807) is 23.1 Å². The number of carbonyl (C=O) groups is 1. The number of aliphatic hydroxyl groups excluding tert-OH is 1. The van der Waals surface area contributed by atoms with Crippen LogP contribution in [-0.2, 0) is 6.54 Å². The second-order valence-corrected chi connectivity index (χ2v) is 4.62. The number of hydrogen-bond donors (Lipinski definition) is 2. The molecule has 1 aliphatic rings. The largest absolute Gasteiger partial charge is 0.395 e. The molecule has 0 atom stereocenters. The Morgan fingerprint density at radius 2 is 2.32 bits per heavy atom. The molecule has 5 heteroatoms. The van der Waals surface area contributed by atoms with E-state index in [0.29, 0.717) is 18.7 Å². The van der Waals surface area contributed by atoms with Crippen molar-refractivity contribution < 1.29 is 9.90 Å². The molecular formula is C14H17N3O2. The third-order valence-corrected chi connectivity index (χ3v) is 3.09. The molecule has 1 fully saturated rings. The highest BCUT2D eigenvalue weighted by Gasteiger charge is 2.31. The van der Waals surface area contributed by atoms with Crippen LogP contribution in [0.1, 0.15) is 24.0 Å². The number of urea groups is 1. The predicted molar refractivity (Wildman–Crippen MR) is 70.2 cm³/mol. The summed E-state index contributed by atoms with van der Waals surface area (Å²) in [6, 6.07) is 9.35. The van der Waals surface area contributed by atoms with Crippen LogP contribution in [0.2, 0.25) is 0 Å². The van der Waals surface area contributed by atoms with Gasteiger partial charge in [0.15, 0.2) is 0 Å². The molecular weight excluding hydrogens is 242 g/mol. The third-order valence-electron chi connectivity index (χ3n) is 3.09. The lowest BCUT2D eigenvalue weighted by Crippen LogP contribution is -2.42. The highest BCUT2D eigenvalue weighted by Crippen LogP contribution is 2.26. The molecule has 0 unspecified atom stereocenters. The van der Waals surface area contributed by atoms with Crippen molar-refractivity contribution in [2.24, 2.45) is 0 Å². The highest BCUT2D eigenvalue weighted by atomic mass is 16.3. The van der Waals surface area contributed by atoms with Crippen molar-refractivity contribution in [3.63, 3.8) is 0 Å². The SMILES string of the molecule is N#Cc1cccc(CNC(=O)N(CCO)C2CC2)c1. The minimum absolute atomic E-state index is 0.0200. The number of nitrogens with one attached hydrogen (secondary N) is 1. The summed E-state index contributed by atoms with van der Waals surface area (Å²) in [6.45, 7) is 0.742. The van der Waals surface area contributed by atoms with E-state index < -0.39 is 0 Å². The van der Waals surface area contributed by atoms with Crippen molar-refractivity contribution in [3.05, 3.63) is 35.4 Å². The number of hydrogen-bond acceptors (Lipinski definition) is 3. The van der Waals surface area contributed by atoms with E-state index in [4.69, 9.17) is 10.4 Å². The molecule has 1 aromatic carbocycles. The first-order valence-corrected chi connectivity index (χ1v) is 6.39. The molecule has 0 heterocycles. The normalized spacial score (nSPS) is 13.7. The zero-order valence-corrected chi connectivity index (χ0v) is 10.7. The zero-order chi connectivity index (χ0) is 13.7. The smallest absolute Gasteiger partial charge is 0.317 e. The Hall–Kier alpha value is -2.06. The lowest BCUT2D eigenvalue weighted by atomic mass is 10.1. The highest BCUT2D eigenvalue weighted by molar-refractivity contribution is 5.74. The van der Waals surface area contributed by atoms with Crippen molar-refractivity contribution in [3.8, 4) is 6.07 Å². The van der Waals surface area contributed by atoms with Gasteiger partial charge in [0.05, 0.1) is 18.2 Å². The molecule has 2 amide bonds. The van der Waals surface area contributed by atoms with Crippen LogP contribution >= 0.6 is 0 Å². The fourth-order valence-corrected chi connectivity index (χ4v) is 1.97. The number of benzene rings is 1. The fraction of sp³-hybridized carbons (Fsp3) is 0.429. The molecule has 0 bridgehead atoms. The zero-order valence-electron chi connectivity index (χ0n) is 10.7. The summed E-state index contributed by atoms with van der Waals surface area (Å²) < 4.78 is 0. The van der Waals surface area contributed by atoms with Crippen LogP contribution in [0, 0.1) is 11.3 Å². The van der Waals surface area contributed by atoms with E-state index in [-0.39, 0.29) is 18.7 Å². The Morgan fingerprint density at radius 1 is 1.53 bits per heavy atom. The Balaban J connectivity index is 1.90. The quantitative estimate of drug-likeness (QED) is 0.834. The van der Waals surface area contributed by atoms with Gasteiger partial charge in [0.1, 0.15) is 0 Å². The van der Waals surface area contributed by atoms with Crippen LogP contribution in [0.3, 0.4) is 0 Å². The van der Waals surface area contributed by atoms with Gasteiger partial charge < -0.3 is 15.3 Å². The van der Waals surface area contributed by atoms with E-state index in [1.165, 1.54) is 0 Å². The number of carbonyl (C=O) groups excluding carboxylic acids is 1. The molecule has 1 aromatic rings. The van der Waals surface area contributed by atoms with Crippen LogP contribution in [0.4, 0.5) is 4.79 Å². The second kappa shape index (κ2) is 6.21. The molecule has 1 saturated carbocycles. The molecule has 0 radical (unpaired) electrons. The van der Waals surface area contributed by atoms with E-state index in [9.17, 15) is 4.79 Å². The summed E-state index contributed by atoms with van der Waals surface area (Å²) in [5.41, 5.74) is 1.48. The maximum atomic E-state index is 12.0. The molecule has 0 aliphatic heterocycles. The number of amides is 2. The Morgan fingerprint density at radius 3 is 2.95 bits per heavy atom. The van der Waals surface area contributed by atoms with Crippen LogP contribution in [0.25, 0.3) is 0 Å². The van der Waals surface area contributed by atoms with Gasteiger partial charge in [-0.3, -0.25) is 0 Å². The summed E-state index contributed by atoms with van der Waals surface area (Å²) in [4.78, 5) is 13.7. The first kappa shape index (κ1) is 13.4. The summed E-state index contributed by atoms with van der Waals surface area (Å²) in [6.07, 6.45) is 2.02. The van der Waals surface area contributed by atoms with E-state index in [2.05, 4.69) is 11.4 Å². The van der Waals surface area contributed by atoms with Crippen molar-refractivity contribution in [2.75, 3.05) is 13.2 Å². The van der Waals surface area contributed by atoms with E-state index in [0.717, 1.165) is 18.4 Å². The van der Waals surface area contributed by atoms with Crippen LogP contribution < -0.4 is 5.32 Å². The van der Waals surface area contributed by atoms with Gasteiger partial charge in [0.25, 0.3) is 0 Å². The van der Waals surface area contributed by atoms with Gasteiger partial charge in [-0.25, -0.2) is 4.79 Å². The summed E-state index contributed by atoms with van der Waals surface area (Å²) in [5, 5.41) is 20.6. The monoisotopic (exact) mass is 259 g/mol. The first-order chi connectivity index (χ1) is 9.24. The Labute approximate surface area is 112 Å². The van der Waals surface area contributed by atoms with Gasteiger partial charge in [-0.15, -0.1) is 0 Å². The van der Waals surface area contributed by atoms with Crippen molar-refractivity contribution in [2.45, 2.75) is 25.4 Å². The number of aliphatic hydroxyl groups is 1. The Bertz CT molecular complexity index is 492. The maximum absolute atomic E-state index is 12.0. The average molecular weight is 259 g/mol. The fourth-order valence-electron chi connectivity index (χ4n) is 1.97. The maximum Gasteiger partial charge on any atom is 0.317 e. The van der Waals surface area contributed by atoms with Gasteiger partial charge in [0, 0.05) is 19.1 Å². The van der Waals surface area contributed by atoms with Crippen LogP contribution in [0.5, 0.6) is 0 Å². The number of rotatable bonds is 5. The van der Waals surface area contributed by atoms with Crippen molar-refractivity contribution in [1.82, 2.24) is 10.2 Å². The summed E-state index contributed by atoms with van der Waals surface area (Å²) in [5.74, 6) is 0. The Kier molecular flexibility index (Phi) is 4.37. The van der Waals surface area contributed by atoms with Gasteiger partial charge >= 0.3 is 6.03 Å². The average Bonchev–Trinajstić information content (AvgIpc) is 3.27. The summed E-state index contributed by atoms with van der Waals surface area (Å²) in [7, 11) is 0. The van der Waals surface area contributed by atoms with E-state index in [1.807, 2.05) is 6.07 Å². The standard InChI is InChI=1S/C14H17N3O2/c15-9-11-2-1-3-12(8-11)10-16-14(19)17(6-7-18)13-4-5-13/h1-3,8,13,18H,4-7,10H2,(H,16,19). The predicted octanol–water partition coefficient (Wildman–Crippen LogP) is 1.22. The lowest BCUT2D eigenvalue weighted by molar-refractivity contribution is 0.173. The first-order valence-electron chi connectivity index (χ1n) is 6.39. The van der Waals surface area contributed by atoms with Gasteiger partial charge in [0.2, 0.25) is 0 Å². The molecule has 19 heavy (non-hydrogen) atoms. The number of nitrogens with zero attached hydrogens (tertiary/aromatic N) is 2. The molecule has 1 aliphatic carbocycles. The molecule has 2 N–H and O–H groups in total. The molecule has 0 saturated heterocycles. The molecule has 0 spiro atoms. The topological polar surface area (TPSA) is 76.4 Å². The van der Waals surface area contributed by atoms with Crippen molar-refractivity contribution in [1.29, 1.82) is 5.26 Å². The van der Waals surface area contributed by atoms with Crippen LogP contribution in [0.15, 0.2) is 24.3 Å². The molecule has 5 nitrogen and oxygen atoms in total. The van der Waals surface area contributed by atoms with Gasteiger partial charge in [-0.2, -0.15) is 5.26 Å². The third kappa shape index (κ3) is 3.70. The van der Waals surface area contributed by atoms with E-state index >= 15 is 0 Å². The minimum Gasteiger partial charge on any atom is -0.395 e. The molecule has 100 valence electrons. The second-order valence-electron chi connectivity index (χ2n) is 4.62. The summed E-state index contributed by atoms with van der Waals surface area (Å²) >= 11 is 0. The number of nitriles is 1. The van der Waals surface area contributed by atoms with Gasteiger partial charge in [-0.1, -0.05) is 12.1 Å². The molecule has 0 aromatic heterocycles. The van der Waals surface area contributed by atoms with Crippen molar-refractivity contribution >= 4 is 6.03 Å². The minimum atomic E-state index is -0.154. The molecule has 2 rings (SSSR count). The van der Waals surface area contributed by atoms with Gasteiger partial charge in [-0.05, 0) is 30.5 Å². The van der Waals surface area contributed by atoms with Crippen LogP contribution in [-0.4, -0.2) is 35.2 Å². The lowest BCUT2D eigenvalue weighted by Gasteiger charge is -2.21.